The Morgan fingerprint density at radius 2 is 1.95 bits per heavy atom. The molecule has 0 aliphatic carbocycles. The molecule has 1 atom stereocenters. The third kappa shape index (κ3) is 4.10. The zero-order valence-corrected chi connectivity index (χ0v) is 11.5. The molecule has 2 rings (SSSR count). The number of hydrogen-bond acceptors (Lipinski definition) is 5. The molecule has 0 radical (unpaired) electrons. The second kappa shape index (κ2) is 7.14. The van der Waals surface area contributed by atoms with E-state index in [0.717, 1.165) is 0 Å². The molecule has 2 aromatic rings. The zero-order chi connectivity index (χ0) is 15.1. The largest absolute Gasteiger partial charge is 0.449 e. The van der Waals surface area contributed by atoms with Crippen LogP contribution >= 0.6 is 0 Å². The molecular formula is C15H15N3O3. The number of carbonyl (C=O) groups is 2. The van der Waals surface area contributed by atoms with Gasteiger partial charge in [0.25, 0.3) is 5.91 Å². The molecule has 6 nitrogen and oxygen atoms in total. The van der Waals surface area contributed by atoms with Crippen LogP contribution in [0.1, 0.15) is 23.7 Å². The number of nitrogens with one attached hydrogen (secondary N) is 1. The Labute approximate surface area is 122 Å². The van der Waals surface area contributed by atoms with E-state index in [4.69, 9.17) is 4.74 Å². The summed E-state index contributed by atoms with van der Waals surface area (Å²) in [5.74, 6) is -0.944. The summed E-state index contributed by atoms with van der Waals surface area (Å²) in [6.07, 6.45) is 5.62. The summed E-state index contributed by atoms with van der Waals surface area (Å²) in [7, 11) is 0. The van der Waals surface area contributed by atoms with Crippen molar-refractivity contribution in [3.63, 3.8) is 0 Å². The third-order valence-corrected chi connectivity index (χ3v) is 2.76. The van der Waals surface area contributed by atoms with Crippen molar-refractivity contribution < 1.29 is 14.3 Å². The lowest BCUT2D eigenvalue weighted by atomic mass is 10.2. The summed E-state index contributed by atoms with van der Waals surface area (Å²) in [5.41, 5.74) is 0.915. The van der Waals surface area contributed by atoms with Gasteiger partial charge < -0.3 is 10.1 Å². The van der Waals surface area contributed by atoms with Crippen LogP contribution in [0.5, 0.6) is 0 Å². The van der Waals surface area contributed by atoms with E-state index in [1.54, 1.807) is 49.8 Å². The minimum atomic E-state index is -0.856. The average molecular weight is 285 g/mol. The molecule has 0 fully saturated rings. The molecule has 21 heavy (non-hydrogen) atoms. The molecule has 0 spiro atoms. The number of amides is 1. The highest BCUT2D eigenvalue weighted by atomic mass is 16.5. The molecule has 108 valence electrons. The summed E-state index contributed by atoms with van der Waals surface area (Å²) < 4.78 is 5.21. The lowest BCUT2D eigenvalue weighted by Gasteiger charge is -2.15. The molecule has 0 saturated heterocycles. The van der Waals surface area contributed by atoms with Crippen molar-refractivity contribution in [3.05, 3.63) is 54.6 Å². The van der Waals surface area contributed by atoms with Crippen LogP contribution in [-0.4, -0.2) is 27.9 Å². The van der Waals surface area contributed by atoms with E-state index in [2.05, 4.69) is 15.3 Å². The molecule has 2 heterocycles. The molecule has 2 aromatic heterocycles. The van der Waals surface area contributed by atoms with Gasteiger partial charge in [-0.3, -0.25) is 14.8 Å². The van der Waals surface area contributed by atoms with E-state index >= 15 is 0 Å². The summed E-state index contributed by atoms with van der Waals surface area (Å²) in [6.45, 7) is 1.77. The number of carbonyl (C=O) groups excluding carboxylic acids is 2. The van der Waals surface area contributed by atoms with Gasteiger partial charge in [0.2, 0.25) is 0 Å². The maximum absolute atomic E-state index is 12.1. The topological polar surface area (TPSA) is 81.2 Å². The normalized spacial score (nSPS) is 11.5. The molecule has 1 amide bonds. The van der Waals surface area contributed by atoms with E-state index in [9.17, 15) is 9.59 Å². The van der Waals surface area contributed by atoms with Gasteiger partial charge in [-0.15, -0.1) is 0 Å². The van der Waals surface area contributed by atoms with Crippen LogP contribution in [-0.2, 0) is 9.53 Å². The van der Waals surface area contributed by atoms with Crippen molar-refractivity contribution in [1.29, 1.82) is 0 Å². The minimum absolute atomic E-state index is 0.313. The van der Waals surface area contributed by atoms with Crippen LogP contribution in [0.15, 0.2) is 49.1 Å². The van der Waals surface area contributed by atoms with Crippen LogP contribution in [0.2, 0.25) is 0 Å². The second-order valence-electron chi connectivity index (χ2n) is 4.27. The first-order chi connectivity index (χ1) is 10.2. The Morgan fingerprint density at radius 3 is 2.57 bits per heavy atom. The first-order valence-electron chi connectivity index (χ1n) is 6.52. The summed E-state index contributed by atoms with van der Waals surface area (Å²) in [6, 6.07) is 6.54. The maximum Gasteiger partial charge on any atom is 0.340 e. The molecule has 0 saturated carbocycles. The smallest absolute Gasteiger partial charge is 0.340 e. The fourth-order valence-electron chi connectivity index (χ4n) is 1.66. The number of hydrogen-bond donors (Lipinski definition) is 1. The van der Waals surface area contributed by atoms with Crippen molar-refractivity contribution in [2.45, 2.75) is 19.4 Å². The molecule has 1 N–H and O–H groups in total. The SMILES string of the molecule is CCC(OC(=O)c1cccnc1)C(=O)Nc1ccncc1. The number of nitrogens with zero attached hydrogens (tertiary/aromatic N) is 2. The molecular weight excluding hydrogens is 270 g/mol. The number of rotatable bonds is 5. The van der Waals surface area contributed by atoms with E-state index < -0.39 is 12.1 Å². The lowest BCUT2D eigenvalue weighted by molar-refractivity contribution is -0.124. The van der Waals surface area contributed by atoms with Gasteiger partial charge in [0.15, 0.2) is 6.10 Å². The Morgan fingerprint density at radius 1 is 1.19 bits per heavy atom. The first kappa shape index (κ1) is 14.6. The van der Waals surface area contributed by atoms with Gasteiger partial charge in [-0.25, -0.2) is 4.79 Å². The number of ether oxygens (including phenoxy) is 1. The Hall–Kier alpha value is -2.76. The molecule has 0 aliphatic heterocycles. The lowest BCUT2D eigenvalue weighted by Crippen LogP contribution is -2.32. The molecule has 0 aromatic carbocycles. The fourth-order valence-corrected chi connectivity index (χ4v) is 1.66. The van der Waals surface area contributed by atoms with Gasteiger partial charge in [-0.1, -0.05) is 6.92 Å². The van der Waals surface area contributed by atoms with E-state index in [0.29, 0.717) is 17.7 Å². The van der Waals surface area contributed by atoms with E-state index in [-0.39, 0.29) is 5.91 Å². The summed E-state index contributed by atoms with van der Waals surface area (Å²) in [5, 5.41) is 2.68. The molecule has 0 aliphatic rings. The third-order valence-electron chi connectivity index (χ3n) is 2.76. The van der Waals surface area contributed by atoms with Gasteiger partial charge in [0.1, 0.15) is 0 Å². The maximum atomic E-state index is 12.1. The number of esters is 1. The highest BCUT2D eigenvalue weighted by Gasteiger charge is 2.22. The van der Waals surface area contributed by atoms with Gasteiger partial charge in [-0.05, 0) is 30.7 Å². The number of anilines is 1. The molecule has 0 bridgehead atoms. The Kier molecular flexibility index (Phi) is 4.98. The number of aromatic nitrogens is 2. The highest BCUT2D eigenvalue weighted by Crippen LogP contribution is 2.09. The highest BCUT2D eigenvalue weighted by molar-refractivity contribution is 5.97. The second-order valence-corrected chi connectivity index (χ2v) is 4.27. The van der Waals surface area contributed by atoms with Crippen LogP contribution in [0.3, 0.4) is 0 Å². The number of pyridine rings is 2. The predicted octanol–water partition coefficient (Wildman–Crippen LogP) is 2.05. The van der Waals surface area contributed by atoms with Gasteiger partial charge in [-0.2, -0.15) is 0 Å². The standard InChI is InChI=1S/C15H15N3O3/c1-2-13(14(19)18-12-5-8-16-9-6-12)21-15(20)11-4-3-7-17-10-11/h3-10,13H,2H2,1H3,(H,16,18,19). The van der Waals surface area contributed by atoms with Crippen molar-refractivity contribution in [2.75, 3.05) is 5.32 Å². The molecule has 6 heteroatoms. The Bertz CT molecular complexity index is 602. The quantitative estimate of drug-likeness (QED) is 0.850. The minimum Gasteiger partial charge on any atom is -0.449 e. The van der Waals surface area contributed by atoms with Crippen molar-refractivity contribution >= 4 is 17.6 Å². The van der Waals surface area contributed by atoms with Crippen LogP contribution in [0.25, 0.3) is 0 Å². The first-order valence-corrected chi connectivity index (χ1v) is 6.52. The fraction of sp³-hybridized carbons (Fsp3) is 0.200. The predicted molar refractivity (Wildman–Crippen MR) is 76.6 cm³/mol. The van der Waals surface area contributed by atoms with Gasteiger partial charge >= 0.3 is 5.97 Å². The Balaban J connectivity index is 1.99. The monoisotopic (exact) mass is 285 g/mol. The van der Waals surface area contributed by atoms with Gasteiger partial charge in [0, 0.05) is 30.5 Å². The van der Waals surface area contributed by atoms with Crippen LogP contribution < -0.4 is 5.32 Å². The van der Waals surface area contributed by atoms with Crippen molar-refractivity contribution in [1.82, 2.24) is 9.97 Å². The van der Waals surface area contributed by atoms with Crippen molar-refractivity contribution in [3.8, 4) is 0 Å². The van der Waals surface area contributed by atoms with Crippen molar-refractivity contribution in [2.24, 2.45) is 0 Å². The summed E-state index contributed by atoms with van der Waals surface area (Å²) in [4.78, 5) is 31.7. The van der Waals surface area contributed by atoms with Gasteiger partial charge in [0.05, 0.1) is 5.56 Å². The van der Waals surface area contributed by atoms with Crippen LogP contribution in [0.4, 0.5) is 5.69 Å². The van der Waals surface area contributed by atoms with Crippen LogP contribution in [0, 0.1) is 0 Å². The zero-order valence-electron chi connectivity index (χ0n) is 11.5. The molecule has 1 unspecified atom stereocenters. The summed E-state index contributed by atoms with van der Waals surface area (Å²) >= 11 is 0. The van der Waals surface area contributed by atoms with E-state index in [1.165, 1.54) is 6.20 Å². The average Bonchev–Trinajstić information content (AvgIpc) is 2.54. The van der Waals surface area contributed by atoms with E-state index in [1.807, 2.05) is 0 Å².